The first kappa shape index (κ1) is 22.5. The number of carbonyl (C=O) groups is 1. The van der Waals surface area contributed by atoms with Gasteiger partial charge in [0.15, 0.2) is 5.16 Å². The number of nitrogens with zero attached hydrogens (tertiary/aromatic N) is 2. The van der Waals surface area contributed by atoms with Gasteiger partial charge in [-0.2, -0.15) is 0 Å². The number of hydrogen-bond acceptors (Lipinski definition) is 5. The van der Waals surface area contributed by atoms with Crippen LogP contribution in [0.4, 0.5) is 4.39 Å². The third-order valence-electron chi connectivity index (χ3n) is 5.44. The molecule has 6 nitrogen and oxygen atoms in total. The van der Waals surface area contributed by atoms with E-state index in [0.29, 0.717) is 52.6 Å². The van der Waals surface area contributed by atoms with E-state index in [2.05, 4.69) is 5.32 Å². The van der Waals surface area contributed by atoms with Gasteiger partial charge < -0.3 is 10.1 Å². The first-order valence-corrected chi connectivity index (χ1v) is 11.9. The minimum atomic E-state index is -0.288. The summed E-state index contributed by atoms with van der Waals surface area (Å²) < 4.78 is 21.5. The van der Waals surface area contributed by atoms with Crippen LogP contribution in [0.15, 0.2) is 52.4 Å². The van der Waals surface area contributed by atoms with Crippen molar-refractivity contribution >= 4 is 28.6 Å². The number of hydrogen-bond donors (Lipinski definition) is 1. The van der Waals surface area contributed by atoms with Crippen LogP contribution in [-0.2, 0) is 17.0 Å². The predicted octanol–water partition coefficient (Wildman–Crippen LogP) is 4.15. The Balaban J connectivity index is 1.71. The molecular weight excluding hydrogens is 429 g/mol. The van der Waals surface area contributed by atoms with Gasteiger partial charge in [0.2, 0.25) is 0 Å². The average molecular weight is 456 g/mol. The third kappa shape index (κ3) is 5.02. The highest BCUT2D eigenvalue weighted by Gasteiger charge is 2.21. The van der Waals surface area contributed by atoms with Gasteiger partial charge in [-0.3, -0.25) is 14.2 Å². The monoisotopic (exact) mass is 455 g/mol. The molecular formula is C24H26FN3O3S. The Kier molecular flexibility index (Phi) is 7.22. The lowest BCUT2D eigenvalue weighted by Crippen LogP contribution is -2.29. The molecule has 1 aromatic heterocycles. The maximum absolute atomic E-state index is 14.1. The van der Waals surface area contributed by atoms with Crippen molar-refractivity contribution in [3.8, 4) is 0 Å². The summed E-state index contributed by atoms with van der Waals surface area (Å²) in [6, 6.07) is 11.5. The molecule has 1 aliphatic rings. The molecule has 1 amide bonds. The van der Waals surface area contributed by atoms with Crippen LogP contribution in [-0.4, -0.2) is 34.7 Å². The van der Waals surface area contributed by atoms with E-state index in [1.54, 1.807) is 41.0 Å². The Hall–Kier alpha value is -2.71. The van der Waals surface area contributed by atoms with Crippen molar-refractivity contribution in [2.45, 2.75) is 49.7 Å². The summed E-state index contributed by atoms with van der Waals surface area (Å²) in [7, 11) is 0. The van der Waals surface area contributed by atoms with E-state index in [4.69, 9.17) is 9.72 Å². The Morgan fingerprint density at radius 1 is 1.31 bits per heavy atom. The molecule has 8 heteroatoms. The fourth-order valence-electron chi connectivity index (χ4n) is 3.70. The molecule has 0 saturated carbocycles. The van der Waals surface area contributed by atoms with Crippen LogP contribution >= 0.6 is 11.8 Å². The highest BCUT2D eigenvalue weighted by atomic mass is 32.2. The minimum Gasteiger partial charge on any atom is -0.376 e. The molecule has 0 bridgehead atoms. The van der Waals surface area contributed by atoms with Crippen LogP contribution < -0.4 is 10.9 Å². The fourth-order valence-corrected chi connectivity index (χ4v) is 4.70. The van der Waals surface area contributed by atoms with Crippen molar-refractivity contribution in [3.05, 3.63) is 69.8 Å². The molecule has 2 aromatic carbocycles. The zero-order valence-corrected chi connectivity index (χ0v) is 18.8. The van der Waals surface area contributed by atoms with Gasteiger partial charge in [-0.1, -0.05) is 36.9 Å². The van der Waals surface area contributed by atoms with E-state index in [1.807, 2.05) is 6.92 Å². The maximum atomic E-state index is 14.1. The number of carbonyl (C=O) groups excluding carboxylic acids is 1. The zero-order chi connectivity index (χ0) is 22.5. The van der Waals surface area contributed by atoms with Gasteiger partial charge in [0, 0.05) is 24.5 Å². The van der Waals surface area contributed by atoms with Gasteiger partial charge in [-0.25, -0.2) is 9.37 Å². The second-order valence-corrected chi connectivity index (χ2v) is 8.76. The highest BCUT2D eigenvalue weighted by molar-refractivity contribution is 7.98. The van der Waals surface area contributed by atoms with Crippen LogP contribution in [0, 0.1) is 5.82 Å². The molecule has 1 fully saturated rings. The van der Waals surface area contributed by atoms with Gasteiger partial charge in [-0.05, 0) is 49.1 Å². The van der Waals surface area contributed by atoms with E-state index in [0.717, 1.165) is 19.3 Å². The molecule has 1 saturated heterocycles. The van der Waals surface area contributed by atoms with Crippen molar-refractivity contribution in [3.63, 3.8) is 0 Å². The van der Waals surface area contributed by atoms with Gasteiger partial charge in [0.1, 0.15) is 5.82 Å². The van der Waals surface area contributed by atoms with Crippen molar-refractivity contribution in [2.24, 2.45) is 0 Å². The maximum Gasteiger partial charge on any atom is 0.262 e. The number of halogens is 1. The summed E-state index contributed by atoms with van der Waals surface area (Å²) >= 11 is 1.31. The van der Waals surface area contributed by atoms with Crippen molar-refractivity contribution in [1.29, 1.82) is 0 Å². The third-order valence-corrected chi connectivity index (χ3v) is 6.47. The number of rotatable bonds is 8. The number of fused-ring (bicyclic) bond motifs is 1. The molecule has 1 atom stereocenters. The quantitative estimate of drug-likeness (QED) is 0.408. The largest absolute Gasteiger partial charge is 0.376 e. The number of amides is 1. The first-order chi connectivity index (χ1) is 15.6. The molecule has 0 spiro atoms. The lowest BCUT2D eigenvalue weighted by atomic mass is 10.1. The van der Waals surface area contributed by atoms with E-state index in [1.165, 1.54) is 17.8 Å². The van der Waals surface area contributed by atoms with E-state index in [9.17, 15) is 14.0 Å². The lowest BCUT2D eigenvalue weighted by Gasteiger charge is -2.17. The number of nitrogens with one attached hydrogen (secondary N) is 1. The topological polar surface area (TPSA) is 73.2 Å². The fraction of sp³-hybridized carbons (Fsp3) is 0.375. The van der Waals surface area contributed by atoms with Crippen LogP contribution in [0.1, 0.15) is 42.1 Å². The Bertz CT molecular complexity index is 1170. The summed E-state index contributed by atoms with van der Waals surface area (Å²) in [4.78, 5) is 30.4. The second-order valence-electron chi connectivity index (χ2n) is 7.81. The van der Waals surface area contributed by atoms with Crippen molar-refractivity contribution in [2.75, 3.05) is 13.2 Å². The van der Waals surface area contributed by atoms with Crippen LogP contribution in [0.3, 0.4) is 0 Å². The molecule has 168 valence electrons. The summed E-state index contributed by atoms with van der Waals surface area (Å²) in [5, 5.41) is 3.78. The lowest BCUT2D eigenvalue weighted by molar-refractivity contribution is 0.0937. The molecule has 4 rings (SSSR count). The van der Waals surface area contributed by atoms with Crippen LogP contribution in [0.25, 0.3) is 10.9 Å². The first-order valence-electron chi connectivity index (χ1n) is 10.9. The summed E-state index contributed by atoms with van der Waals surface area (Å²) in [5.74, 6) is -0.143. The highest BCUT2D eigenvalue weighted by Crippen LogP contribution is 2.25. The molecule has 0 unspecified atom stereocenters. The normalized spacial score (nSPS) is 15.9. The van der Waals surface area contributed by atoms with E-state index < -0.39 is 0 Å². The van der Waals surface area contributed by atoms with Crippen LogP contribution in [0.2, 0.25) is 0 Å². The minimum absolute atomic E-state index is 0.0427. The molecule has 2 heterocycles. The summed E-state index contributed by atoms with van der Waals surface area (Å²) in [6.07, 6.45) is 2.65. The van der Waals surface area contributed by atoms with Crippen molar-refractivity contribution in [1.82, 2.24) is 14.9 Å². The predicted molar refractivity (Wildman–Crippen MR) is 124 cm³/mol. The molecule has 0 aliphatic carbocycles. The standard InChI is InChI=1S/C24H26FN3O3S/c1-2-11-26-22(29)16-9-10-19-21(13-16)27-24(32-15-17-6-3-4-8-20(17)25)28(23(19)30)14-18-7-5-12-31-18/h3-4,6,8-10,13,18H,2,5,7,11-12,14-15H2,1H3,(H,26,29)/t18-/m0/s1. The number of thioether (sulfide) groups is 1. The SMILES string of the molecule is CCCNC(=O)c1ccc2c(=O)n(C[C@@H]3CCCO3)c(SCc3ccccc3F)nc2c1. The Morgan fingerprint density at radius 3 is 2.91 bits per heavy atom. The van der Waals surface area contributed by atoms with Gasteiger partial charge in [0.25, 0.3) is 11.5 Å². The molecule has 0 radical (unpaired) electrons. The molecule has 3 aromatic rings. The zero-order valence-electron chi connectivity index (χ0n) is 18.0. The number of benzene rings is 2. The number of ether oxygens (including phenoxy) is 1. The molecule has 1 aliphatic heterocycles. The van der Waals surface area contributed by atoms with E-state index >= 15 is 0 Å². The Morgan fingerprint density at radius 2 is 2.16 bits per heavy atom. The number of aromatic nitrogens is 2. The summed E-state index contributed by atoms with van der Waals surface area (Å²) in [6.45, 7) is 3.66. The van der Waals surface area contributed by atoms with Crippen molar-refractivity contribution < 1.29 is 13.9 Å². The second kappa shape index (κ2) is 10.3. The van der Waals surface area contributed by atoms with Gasteiger partial charge in [-0.15, -0.1) is 0 Å². The molecule has 1 N–H and O–H groups in total. The van der Waals surface area contributed by atoms with Gasteiger partial charge >= 0.3 is 0 Å². The van der Waals surface area contributed by atoms with E-state index in [-0.39, 0.29) is 23.4 Å². The smallest absolute Gasteiger partial charge is 0.262 e. The average Bonchev–Trinajstić information content (AvgIpc) is 3.32. The van der Waals surface area contributed by atoms with Crippen LogP contribution in [0.5, 0.6) is 0 Å². The van der Waals surface area contributed by atoms with Gasteiger partial charge in [0.05, 0.1) is 23.6 Å². The molecule has 32 heavy (non-hydrogen) atoms. The summed E-state index contributed by atoms with van der Waals surface area (Å²) in [5.41, 5.74) is 1.28. The Labute approximate surface area is 190 Å².